The first-order chi connectivity index (χ1) is 4.62. The molecule has 0 aliphatic heterocycles. The minimum Gasteiger partial charge on any atom is -0.329 e. The van der Waals surface area contributed by atoms with E-state index >= 15 is 0 Å². The molecule has 0 aliphatic carbocycles. The van der Waals surface area contributed by atoms with Crippen LogP contribution in [0.5, 0.6) is 0 Å². The Bertz CT molecular complexity index is 174. The van der Waals surface area contributed by atoms with E-state index in [0.29, 0.717) is 6.54 Å². The van der Waals surface area contributed by atoms with Crippen LogP contribution in [0.4, 0.5) is 0 Å². The van der Waals surface area contributed by atoms with Gasteiger partial charge in [0.15, 0.2) is 0 Å². The van der Waals surface area contributed by atoms with Crippen molar-refractivity contribution in [2.45, 2.75) is 0 Å². The summed E-state index contributed by atoms with van der Waals surface area (Å²) in [6.07, 6.45) is 0. The molecule has 78 valence electrons. The Morgan fingerprint density at radius 3 is 2.08 bits per heavy atom. The Hall–Kier alpha value is 0.830. The van der Waals surface area contributed by atoms with E-state index in [1.54, 1.807) is 0 Å². The van der Waals surface area contributed by atoms with E-state index in [9.17, 15) is 4.21 Å². The van der Waals surface area contributed by atoms with Gasteiger partial charge in [-0.2, -0.15) is 0 Å². The predicted molar refractivity (Wildman–Crippen MR) is 58.9 cm³/mol. The number of hydrogen-bond acceptors (Lipinski definition) is 5. The average Bonchev–Trinajstić information content (AvgIpc) is 1.84. The molecule has 0 rings (SSSR count). The fourth-order valence-electron chi connectivity index (χ4n) is 0.378. The molecule has 0 spiro atoms. The Morgan fingerprint density at radius 2 is 1.75 bits per heavy atom. The molecule has 0 bridgehead atoms. The minimum atomic E-state index is -2.57. The molecule has 0 aromatic heterocycles. The minimum absolute atomic E-state index is 0. The molecule has 1 atom stereocenters. The molecule has 0 radical (unpaired) electrons. The zero-order chi connectivity index (χ0) is 8.04. The van der Waals surface area contributed by atoms with Crippen molar-refractivity contribution >= 4 is 44.8 Å². The van der Waals surface area contributed by atoms with Crippen molar-refractivity contribution in [3.05, 3.63) is 0 Å². The van der Waals surface area contributed by atoms with Gasteiger partial charge >= 0.3 is 0 Å². The third-order valence-electron chi connectivity index (χ3n) is 0.749. The van der Waals surface area contributed by atoms with Crippen LogP contribution in [-0.2, 0) is 24.1 Å². The number of rotatable bonds is 5. The van der Waals surface area contributed by atoms with Gasteiger partial charge < -0.3 is 11.5 Å². The van der Waals surface area contributed by atoms with Crippen molar-refractivity contribution < 1.29 is 8.39 Å². The van der Waals surface area contributed by atoms with Crippen LogP contribution < -0.4 is 11.5 Å². The van der Waals surface area contributed by atoms with Gasteiger partial charge in [0.2, 0.25) is 0 Å². The van der Waals surface area contributed by atoms with Crippen LogP contribution in [0.2, 0.25) is 0 Å². The van der Waals surface area contributed by atoms with Crippen LogP contribution in [0, 0.1) is 0 Å². The molecular weight excluding hydrogens is 243 g/mol. The normalized spacial score (nSPS) is 13.8. The van der Waals surface area contributed by atoms with E-state index in [4.69, 9.17) is 15.7 Å². The van der Waals surface area contributed by atoms with Crippen molar-refractivity contribution in [1.82, 2.24) is 0 Å². The zero-order valence-corrected chi connectivity index (χ0v) is 9.70. The fourth-order valence-corrected chi connectivity index (χ4v) is 1.63. The van der Waals surface area contributed by atoms with Crippen LogP contribution in [0.3, 0.4) is 0 Å². The van der Waals surface area contributed by atoms with Crippen molar-refractivity contribution in [2.75, 3.05) is 25.4 Å². The van der Waals surface area contributed by atoms with Crippen LogP contribution in [0.15, 0.2) is 0 Å². The summed E-state index contributed by atoms with van der Waals surface area (Å²) >= 11 is 4.58. The summed E-state index contributed by atoms with van der Waals surface area (Å²) in [4.78, 5) is 0. The smallest absolute Gasteiger partial charge is 0.145 e. The predicted octanol–water partition coefficient (Wildman–Crippen LogP) is -0.575. The van der Waals surface area contributed by atoms with Gasteiger partial charge in [0.1, 0.15) is 8.77 Å². The molecule has 12 heavy (non-hydrogen) atoms. The van der Waals surface area contributed by atoms with Gasteiger partial charge in [0.05, 0.1) is 12.4 Å². The van der Waals surface area contributed by atoms with Crippen molar-refractivity contribution in [3.63, 3.8) is 0 Å². The van der Waals surface area contributed by atoms with Crippen LogP contribution in [-0.4, -0.2) is 29.7 Å². The SMILES string of the molecule is Cl.Cl.NCCOS(=O)(=S)CCN. The molecule has 0 aliphatic rings. The molecule has 1 unspecified atom stereocenters. The quantitative estimate of drug-likeness (QED) is 0.689. The summed E-state index contributed by atoms with van der Waals surface area (Å²) in [6, 6.07) is 0. The first-order valence-corrected chi connectivity index (χ1v) is 5.47. The largest absolute Gasteiger partial charge is 0.329 e. The van der Waals surface area contributed by atoms with Gasteiger partial charge in [-0.25, -0.2) is 4.21 Å². The van der Waals surface area contributed by atoms with Gasteiger partial charge in [-0.15, -0.1) is 24.8 Å². The highest BCUT2D eigenvalue weighted by Crippen LogP contribution is 1.90. The Morgan fingerprint density at radius 1 is 1.25 bits per heavy atom. The van der Waals surface area contributed by atoms with Crippen molar-refractivity contribution in [2.24, 2.45) is 11.5 Å². The maximum atomic E-state index is 11.0. The third-order valence-corrected chi connectivity index (χ3v) is 2.80. The van der Waals surface area contributed by atoms with Crippen LogP contribution in [0.1, 0.15) is 0 Å². The van der Waals surface area contributed by atoms with Gasteiger partial charge in [0.25, 0.3) is 0 Å². The first kappa shape index (κ1) is 18.6. The summed E-state index contributed by atoms with van der Waals surface area (Å²) < 4.78 is 15.8. The Labute approximate surface area is 90.1 Å². The molecule has 0 aromatic rings. The van der Waals surface area contributed by atoms with Crippen molar-refractivity contribution in [1.29, 1.82) is 0 Å². The summed E-state index contributed by atoms with van der Waals surface area (Å²) in [5, 5.41) is 0. The lowest BCUT2D eigenvalue weighted by molar-refractivity contribution is 0.357. The van der Waals surface area contributed by atoms with E-state index in [2.05, 4.69) is 11.2 Å². The summed E-state index contributed by atoms with van der Waals surface area (Å²) in [5.41, 5.74) is 10.2. The second kappa shape index (κ2) is 9.91. The zero-order valence-electron chi connectivity index (χ0n) is 6.43. The summed E-state index contributed by atoms with van der Waals surface area (Å²) in [6.45, 7) is 0.855. The van der Waals surface area contributed by atoms with E-state index in [1.165, 1.54) is 0 Å². The van der Waals surface area contributed by atoms with E-state index in [1.807, 2.05) is 0 Å². The number of nitrogens with two attached hydrogens (primary N) is 2. The molecule has 4 N–H and O–H groups in total. The standard InChI is InChI=1S/C4H12N2O2S2.2ClH/c5-1-3-8-10(7,9)4-2-6;;/h1-6H2;2*1H. The third kappa shape index (κ3) is 10.8. The van der Waals surface area contributed by atoms with Crippen molar-refractivity contribution in [3.8, 4) is 0 Å². The molecule has 8 heteroatoms. The van der Waals surface area contributed by atoms with Crippen LogP contribution in [0.25, 0.3) is 0 Å². The molecule has 0 amide bonds. The highest BCUT2D eigenvalue weighted by atomic mass is 35.5. The van der Waals surface area contributed by atoms with Gasteiger partial charge in [-0.05, 0) is 0 Å². The fraction of sp³-hybridized carbons (Fsp3) is 1.00. The highest BCUT2D eigenvalue weighted by Gasteiger charge is 2.02. The lowest BCUT2D eigenvalue weighted by Gasteiger charge is -2.04. The molecule has 0 aromatic carbocycles. The maximum absolute atomic E-state index is 11.0. The summed E-state index contributed by atoms with van der Waals surface area (Å²) in [5.74, 6) is 0.225. The molecule has 0 saturated heterocycles. The number of halogens is 2. The number of hydrogen-bond donors (Lipinski definition) is 2. The Kier molecular flexibility index (Phi) is 15.4. The summed E-state index contributed by atoms with van der Waals surface area (Å²) in [7, 11) is -2.57. The maximum Gasteiger partial charge on any atom is 0.145 e. The van der Waals surface area contributed by atoms with Gasteiger partial charge in [-0.3, -0.25) is 4.18 Å². The Balaban J connectivity index is -0.000000405. The van der Waals surface area contributed by atoms with E-state index in [-0.39, 0.29) is 43.7 Å². The second-order valence-corrected chi connectivity index (χ2v) is 4.94. The lowest BCUT2D eigenvalue weighted by atomic mass is 10.8. The van der Waals surface area contributed by atoms with Crippen LogP contribution >= 0.6 is 24.8 Å². The van der Waals surface area contributed by atoms with E-state index < -0.39 is 8.77 Å². The van der Waals surface area contributed by atoms with E-state index in [0.717, 1.165) is 0 Å². The average molecular weight is 257 g/mol. The molecular formula is C4H14Cl2N2O2S2. The lowest BCUT2D eigenvalue weighted by Crippen LogP contribution is -2.20. The molecule has 4 nitrogen and oxygen atoms in total. The molecule has 0 fully saturated rings. The highest BCUT2D eigenvalue weighted by molar-refractivity contribution is 8.30. The van der Waals surface area contributed by atoms with Gasteiger partial charge in [0, 0.05) is 24.3 Å². The second-order valence-electron chi connectivity index (χ2n) is 1.66. The van der Waals surface area contributed by atoms with Gasteiger partial charge in [-0.1, -0.05) is 0 Å². The monoisotopic (exact) mass is 256 g/mol. The molecule has 0 heterocycles. The molecule has 0 saturated carbocycles. The first-order valence-electron chi connectivity index (χ1n) is 2.89. The topological polar surface area (TPSA) is 78.3 Å².